The fourth-order valence-electron chi connectivity index (χ4n) is 0.904. The second-order valence-electron chi connectivity index (χ2n) is 2.85. The van der Waals surface area contributed by atoms with Crippen LogP contribution in [0.5, 0.6) is 11.5 Å². The van der Waals surface area contributed by atoms with Crippen molar-refractivity contribution in [1.29, 1.82) is 0 Å². The molecule has 15 heavy (non-hydrogen) atoms. The summed E-state index contributed by atoms with van der Waals surface area (Å²) in [5.74, 6) is 0.0727. The molecule has 0 atom stereocenters. The third kappa shape index (κ3) is 4.46. The Bertz CT molecular complexity index is 446. The van der Waals surface area contributed by atoms with Crippen LogP contribution in [0.4, 0.5) is 0 Å². The molecule has 0 aliphatic heterocycles. The quantitative estimate of drug-likeness (QED) is 0.439. The molecule has 0 fully saturated rings. The van der Waals surface area contributed by atoms with Gasteiger partial charge in [-0.25, -0.2) is 0 Å². The number of esters is 1. The van der Waals surface area contributed by atoms with E-state index in [1.807, 2.05) is 0 Å². The Morgan fingerprint density at radius 2 is 1.60 bits per heavy atom. The largest absolute Gasteiger partial charge is 0.427 e. The van der Waals surface area contributed by atoms with Crippen LogP contribution in [0.25, 0.3) is 0 Å². The zero-order valence-corrected chi connectivity index (χ0v) is 9.08. The SMILES string of the molecule is CC(=O)Oc1ccc(OS(C)(=O)=O)cc1. The molecule has 1 aromatic carbocycles. The zero-order chi connectivity index (χ0) is 11.5. The normalized spacial score (nSPS) is 10.8. The van der Waals surface area contributed by atoms with Crippen LogP contribution in [0.15, 0.2) is 24.3 Å². The van der Waals surface area contributed by atoms with E-state index in [1.54, 1.807) is 0 Å². The van der Waals surface area contributed by atoms with Gasteiger partial charge in [0.15, 0.2) is 0 Å². The van der Waals surface area contributed by atoms with E-state index in [9.17, 15) is 13.2 Å². The van der Waals surface area contributed by atoms with E-state index in [4.69, 9.17) is 4.74 Å². The molecule has 6 heteroatoms. The maximum absolute atomic E-state index is 10.8. The average molecular weight is 230 g/mol. The van der Waals surface area contributed by atoms with Crippen molar-refractivity contribution in [2.75, 3.05) is 6.26 Å². The maximum atomic E-state index is 10.8. The Morgan fingerprint density at radius 3 is 2.00 bits per heavy atom. The molecule has 0 aromatic heterocycles. The number of carbonyl (C=O) groups excluding carboxylic acids is 1. The highest BCUT2D eigenvalue weighted by molar-refractivity contribution is 7.86. The van der Waals surface area contributed by atoms with Gasteiger partial charge in [0.1, 0.15) is 11.5 Å². The Balaban J connectivity index is 2.77. The van der Waals surface area contributed by atoms with Gasteiger partial charge in [-0.05, 0) is 24.3 Å². The lowest BCUT2D eigenvalue weighted by molar-refractivity contribution is -0.131. The molecule has 0 aliphatic carbocycles. The van der Waals surface area contributed by atoms with Crippen LogP contribution >= 0.6 is 0 Å². The Kier molecular flexibility index (Phi) is 3.31. The number of rotatable bonds is 3. The highest BCUT2D eigenvalue weighted by Crippen LogP contribution is 2.18. The molecular weight excluding hydrogens is 220 g/mol. The Labute approximate surface area is 87.7 Å². The van der Waals surface area contributed by atoms with Crippen molar-refractivity contribution in [3.8, 4) is 11.5 Å². The van der Waals surface area contributed by atoms with Gasteiger partial charge < -0.3 is 8.92 Å². The molecule has 0 bridgehead atoms. The first kappa shape index (κ1) is 11.5. The van der Waals surface area contributed by atoms with E-state index in [0.29, 0.717) is 5.75 Å². The van der Waals surface area contributed by atoms with Gasteiger partial charge >= 0.3 is 16.1 Å². The van der Waals surface area contributed by atoms with Crippen LogP contribution in [-0.2, 0) is 14.9 Å². The van der Waals surface area contributed by atoms with Crippen molar-refractivity contribution in [2.45, 2.75) is 6.92 Å². The minimum Gasteiger partial charge on any atom is -0.427 e. The Morgan fingerprint density at radius 1 is 1.13 bits per heavy atom. The van der Waals surface area contributed by atoms with Crippen molar-refractivity contribution in [1.82, 2.24) is 0 Å². The average Bonchev–Trinajstić information content (AvgIpc) is 2.05. The van der Waals surface area contributed by atoms with Gasteiger partial charge in [0, 0.05) is 6.92 Å². The first-order valence-electron chi connectivity index (χ1n) is 4.05. The van der Waals surface area contributed by atoms with Crippen molar-refractivity contribution >= 4 is 16.1 Å². The molecule has 0 heterocycles. The molecule has 0 amide bonds. The lowest BCUT2D eigenvalue weighted by Crippen LogP contribution is -2.06. The van der Waals surface area contributed by atoms with Gasteiger partial charge in [-0.1, -0.05) is 0 Å². The molecule has 0 saturated heterocycles. The monoisotopic (exact) mass is 230 g/mol. The summed E-state index contributed by atoms with van der Waals surface area (Å²) in [7, 11) is -3.52. The fourth-order valence-corrected chi connectivity index (χ4v) is 1.36. The summed E-state index contributed by atoms with van der Waals surface area (Å²) in [6, 6.07) is 5.70. The number of benzene rings is 1. The van der Waals surface area contributed by atoms with Crippen LogP contribution in [0, 0.1) is 0 Å². The first-order valence-corrected chi connectivity index (χ1v) is 5.86. The van der Waals surface area contributed by atoms with Crippen LogP contribution in [0.2, 0.25) is 0 Å². The molecule has 0 radical (unpaired) electrons. The van der Waals surface area contributed by atoms with Crippen LogP contribution in [-0.4, -0.2) is 20.6 Å². The molecule has 0 aliphatic rings. The standard InChI is InChI=1S/C9H10O5S/c1-7(10)13-8-3-5-9(6-4-8)14-15(2,11)12/h3-6H,1-2H3. The minimum absolute atomic E-state index is 0.174. The summed E-state index contributed by atoms with van der Waals surface area (Å²) in [5, 5.41) is 0. The third-order valence-electron chi connectivity index (χ3n) is 1.33. The topological polar surface area (TPSA) is 69.7 Å². The summed E-state index contributed by atoms with van der Waals surface area (Å²) < 4.78 is 30.9. The predicted octanol–water partition coefficient (Wildman–Crippen LogP) is 0.950. The maximum Gasteiger partial charge on any atom is 0.308 e. The van der Waals surface area contributed by atoms with E-state index < -0.39 is 16.1 Å². The lowest BCUT2D eigenvalue weighted by atomic mass is 10.3. The van der Waals surface area contributed by atoms with E-state index in [1.165, 1.54) is 31.2 Å². The second kappa shape index (κ2) is 4.31. The van der Waals surface area contributed by atoms with Gasteiger partial charge in [0.25, 0.3) is 0 Å². The number of hydrogen-bond donors (Lipinski definition) is 0. The third-order valence-corrected chi connectivity index (χ3v) is 1.83. The minimum atomic E-state index is -3.52. The molecule has 1 rings (SSSR count). The first-order chi connectivity index (χ1) is 6.87. The smallest absolute Gasteiger partial charge is 0.308 e. The van der Waals surface area contributed by atoms with E-state index >= 15 is 0 Å². The lowest BCUT2D eigenvalue weighted by Gasteiger charge is -2.04. The number of hydrogen-bond acceptors (Lipinski definition) is 5. The molecule has 5 nitrogen and oxygen atoms in total. The highest BCUT2D eigenvalue weighted by atomic mass is 32.2. The summed E-state index contributed by atoms with van der Waals surface area (Å²) >= 11 is 0. The van der Waals surface area contributed by atoms with Crippen molar-refractivity contribution < 1.29 is 22.1 Å². The Hall–Kier alpha value is -1.56. The number of carbonyl (C=O) groups is 1. The molecular formula is C9H10O5S. The number of ether oxygens (including phenoxy) is 1. The fraction of sp³-hybridized carbons (Fsp3) is 0.222. The van der Waals surface area contributed by atoms with Crippen molar-refractivity contribution in [3.63, 3.8) is 0 Å². The van der Waals surface area contributed by atoms with E-state index in [0.717, 1.165) is 6.26 Å². The van der Waals surface area contributed by atoms with Crippen LogP contribution < -0.4 is 8.92 Å². The van der Waals surface area contributed by atoms with Gasteiger partial charge in [0.2, 0.25) is 0 Å². The van der Waals surface area contributed by atoms with Gasteiger partial charge in [-0.3, -0.25) is 4.79 Å². The van der Waals surface area contributed by atoms with Crippen molar-refractivity contribution in [3.05, 3.63) is 24.3 Å². The predicted molar refractivity (Wildman–Crippen MR) is 53.2 cm³/mol. The van der Waals surface area contributed by atoms with Crippen LogP contribution in [0.3, 0.4) is 0 Å². The molecule has 0 unspecified atom stereocenters. The van der Waals surface area contributed by atoms with Crippen molar-refractivity contribution in [2.24, 2.45) is 0 Å². The van der Waals surface area contributed by atoms with Crippen LogP contribution in [0.1, 0.15) is 6.92 Å². The van der Waals surface area contributed by atoms with Gasteiger partial charge in [-0.15, -0.1) is 0 Å². The summed E-state index contributed by atoms with van der Waals surface area (Å²) in [4.78, 5) is 10.6. The second-order valence-corrected chi connectivity index (χ2v) is 4.43. The summed E-state index contributed by atoms with van der Waals surface area (Å²) in [6.07, 6.45) is 0.951. The zero-order valence-electron chi connectivity index (χ0n) is 8.26. The molecule has 1 aromatic rings. The molecule has 0 N–H and O–H groups in total. The van der Waals surface area contributed by atoms with Gasteiger partial charge in [0.05, 0.1) is 6.26 Å². The van der Waals surface area contributed by atoms with Gasteiger partial charge in [-0.2, -0.15) is 8.42 Å². The summed E-state index contributed by atoms with van der Waals surface area (Å²) in [5.41, 5.74) is 0. The highest BCUT2D eigenvalue weighted by Gasteiger charge is 2.04. The molecule has 0 saturated carbocycles. The van der Waals surface area contributed by atoms with E-state index in [2.05, 4.69) is 4.18 Å². The summed E-state index contributed by atoms with van der Waals surface area (Å²) in [6.45, 7) is 1.28. The molecule has 82 valence electrons. The molecule has 0 spiro atoms. The van der Waals surface area contributed by atoms with E-state index in [-0.39, 0.29) is 5.75 Å².